The molecule has 0 aromatic heterocycles. The number of carbonyl (C=O) groups excluding carboxylic acids is 1. The Morgan fingerprint density at radius 2 is 2.15 bits per heavy atom. The molecule has 70 valence electrons. The molecule has 0 heterocycles. The highest BCUT2D eigenvalue weighted by Gasteiger charge is 2.03. The largest absolute Gasteiger partial charge is 0.324 e. The fourth-order valence-electron chi connectivity index (χ4n) is 0.795. The van der Waals surface area contributed by atoms with Crippen molar-refractivity contribution < 1.29 is 4.79 Å². The molecule has 1 aromatic carbocycles. The first kappa shape index (κ1) is 10.7. The van der Waals surface area contributed by atoms with E-state index in [1.54, 1.807) is 6.07 Å². The molecule has 0 saturated heterocycles. The highest BCUT2D eigenvalue weighted by atomic mass is 79.9. The zero-order valence-corrected chi connectivity index (χ0v) is 9.85. The molecule has 0 fully saturated rings. The number of rotatable bonds is 2. The van der Waals surface area contributed by atoms with Crippen molar-refractivity contribution in [3.63, 3.8) is 0 Å². The van der Waals surface area contributed by atoms with E-state index < -0.39 is 0 Å². The van der Waals surface area contributed by atoms with Crippen LogP contribution in [-0.4, -0.2) is 12.5 Å². The molecule has 0 aliphatic heterocycles. The summed E-state index contributed by atoms with van der Waals surface area (Å²) in [6.45, 7) is -0.0149. The van der Waals surface area contributed by atoms with Crippen molar-refractivity contribution in [1.82, 2.24) is 0 Å². The number of hydrogen-bond acceptors (Lipinski definition) is 2. The summed E-state index contributed by atoms with van der Waals surface area (Å²) in [5.74, 6) is -0.209. The third kappa shape index (κ3) is 3.10. The number of benzene rings is 1. The topological polar surface area (TPSA) is 55.1 Å². The van der Waals surface area contributed by atoms with Crippen LogP contribution < -0.4 is 11.1 Å². The van der Waals surface area contributed by atoms with Gasteiger partial charge in [0.05, 0.1) is 12.2 Å². The Bertz CT molecular complexity index is 328. The predicted molar refractivity (Wildman–Crippen MR) is 59.5 cm³/mol. The van der Waals surface area contributed by atoms with E-state index in [2.05, 4.69) is 37.2 Å². The van der Waals surface area contributed by atoms with Crippen LogP contribution in [0.1, 0.15) is 0 Å². The SMILES string of the molecule is NCC(=O)Nc1cc(Br)ccc1Br. The quantitative estimate of drug-likeness (QED) is 0.879. The normalized spacial score (nSPS) is 9.77. The summed E-state index contributed by atoms with van der Waals surface area (Å²) in [5.41, 5.74) is 5.88. The summed E-state index contributed by atoms with van der Waals surface area (Å²) in [5, 5.41) is 2.66. The summed E-state index contributed by atoms with van der Waals surface area (Å²) in [7, 11) is 0. The lowest BCUT2D eigenvalue weighted by molar-refractivity contribution is -0.114. The van der Waals surface area contributed by atoms with Gasteiger partial charge in [0.15, 0.2) is 0 Å². The summed E-state index contributed by atoms with van der Waals surface area (Å²) in [6.07, 6.45) is 0. The highest BCUT2D eigenvalue weighted by Crippen LogP contribution is 2.25. The van der Waals surface area contributed by atoms with Crippen LogP contribution in [0.5, 0.6) is 0 Å². The van der Waals surface area contributed by atoms with Crippen molar-refractivity contribution in [3.8, 4) is 0 Å². The molecule has 1 aromatic rings. The lowest BCUT2D eigenvalue weighted by atomic mass is 10.3. The maximum atomic E-state index is 11.0. The van der Waals surface area contributed by atoms with Crippen molar-refractivity contribution in [3.05, 3.63) is 27.1 Å². The monoisotopic (exact) mass is 306 g/mol. The van der Waals surface area contributed by atoms with Crippen molar-refractivity contribution in [2.24, 2.45) is 5.73 Å². The summed E-state index contributed by atoms with van der Waals surface area (Å²) >= 11 is 6.62. The fourth-order valence-corrected chi connectivity index (χ4v) is 1.50. The number of anilines is 1. The Hall–Kier alpha value is -0.390. The molecule has 0 aliphatic carbocycles. The molecular formula is C8H8Br2N2O. The number of carbonyl (C=O) groups is 1. The standard InChI is InChI=1S/C8H8Br2N2O/c9-5-1-2-6(10)7(3-5)12-8(13)4-11/h1-3H,4,11H2,(H,12,13). The van der Waals surface area contributed by atoms with Gasteiger partial charge in [-0.3, -0.25) is 4.79 Å². The lowest BCUT2D eigenvalue weighted by Gasteiger charge is -2.05. The van der Waals surface area contributed by atoms with Gasteiger partial charge in [-0.1, -0.05) is 15.9 Å². The minimum atomic E-state index is -0.209. The van der Waals surface area contributed by atoms with E-state index in [1.807, 2.05) is 12.1 Å². The van der Waals surface area contributed by atoms with Gasteiger partial charge in [-0.25, -0.2) is 0 Å². The highest BCUT2D eigenvalue weighted by molar-refractivity contribution is 9.11. The van der Waals surface area contributed by atoms with E-state index in [0.717, 1.165) is 8.95 Å². The van der Waals surface area contributed by atoms with Gasteiger partial charge >= 0.3 is 0 Å². The molecule has 0 radical (unpaired) electrons. The Kier molecular flexibility index (Phi) is 3.90. The average molecular weight is 308 g/mol. The van der Waals surface area contributed by atoms with Gasteiger partial charge in [-0.2, -0.15) is 0 Å². The second kappa shape index (κ2) is 4.74. The van der Waals surface area contributed by atoms with Crippen molar-refractivity contribution in [2.75, 3.05) is 11.9 Å². The van der Waals surface area contributed by atoms with Crippen LogP contribution in [0.3, 0.4) is 0 Å². The van der Waals surface area contributed by atoms with E-state index in [0.29, 0.717) is 5.69 Å². The van der Waals surface area contributed by atoms with Crippen LogP contribution in [0.15, 0.2) is 27.1 Å². The maximum Gasteiger partial charge on any atom is 0.238 e. The number of halogens is 2. The van der Waals surface area contributed by atoms with E-state index in [-0.39, 0.29) is 12.5 Å². The number of hydrogen-bond donors (Lipinski definition) is 2. The molecule has 0 saturated carbocycles. The third-order valence-corrected chi connectivity index (χ3v) is 2.57. The summed E-state index contributed by atoms with van der Waals surface area (Å²) < 4.78 is 1.74. The van der Waals surface area contributed by atoms with Gasteiger partial charge in [0.1, 0.15) is 0 Å². The number of nitrogens with one attached hydrogen (secondary N) is 1. The van der Waals surface area contributed by atoms with Gasteiger partial charge in [-0.15, -0.1) is 0 Å². The number of amides is 1. The summed E-state index contributed by atoms with van der Waals surface area (Å²) in [4.78, 5) is 11.0. The second-order valence-corrected chi connectivity index (χ2v) is 4.15. The molecule has 0 bridgehead atoms. The molecule has 1 rings (SSSR count). The predicted octanol–water partition coefficient (Wildman–Crippen LogP) is 2.11. The van der Waals surface area contributed by atoms with Gasteiger partial charge in [0.2, 0.25) is 5.91 Å². The van der Waals surface area contributed by atoms with Gasteiger partial charge < -0.3 is 11.1 Å². The maximum absolute atomic E-state index is 11.0. The van der Waals surface area contributed by atoms with Crippen LogP contribution in [0, 0.1) is 0 Å². The van der Waals surface area contributed by atoms with Crippen molar-refractivity contribution in [1.29, 1.82) is 0 Å². The van der Waals surface area contributed by atoms with Crippen molar-refractivity contribution in [2.45, 2.75) is 0 Å². The Balaban J connectivity index is 2.87. The van der Waals surface area contributed by atoms with Crippen LogP contribution in [0.25, 0.3) is 0 Å². The molecule has 13 heavy (non-hydrogen) atoms. The van der Waals surface area contributed by atoms with Gasteiger partial charge in [0, 0.05) is 8.95 Å². The van der Waals surface area contributed by atoms with E-state index in [9.17, 15) is 4.79 Å². The Morgan fingerprint density at radius 1 is 1.46 bits per heavy atom. The first-order valence-corrected chi connectivity index (χ1v) is 5.17. The molecule has 0 aliphatic rings. The fraction of sp³-hybridized carbons (Fsp3) is 0.125. The molecular weight excluding hydrogens is 300 g/mol. The molecule has 0 atom stereocenters. The zero-order valence-electron chi connectivity index (χ0n) is 6.68. The second-order valence-electron chi connectivity index (χ2n) is 2.38. The molecule has 5 heteroatoms. The van der Waals surface area contributed by atoms with E-state index >= 15 is 0 Å². The first-order chi connectivity index (χ1) is 6.13. The third-order valence-electron chi connectivity index (χ3n) is 1.39. The van der Waals surface area contributed by atoms with Crippen LogP contribution >= 0.6 is 31.9 Å². The molecule has 3 nitrogen and oxygen atoms in total. The van der Waals surface area contributed by atoms with Crippen LogP contribution in [0.2, 0.25) is 0 Å². The van der Waals surface area contributed by atoms with Crippen LogP contribution in [0.4, 0.5) is 5.69 Å². The smallest absolute Gasteiger partial charge is 0.238 e. The van der Waals surface area contributed by atoms with E-state index in [1.165, 1.54) is 0 Å². The molecule has 3 N–H and O–H groups in total. The molecule has 0 spiro atoms. The zero-order chi connectivity index (χ0) is 9.84. The molecule has 1 amide bonds. The van der Waals surface area contributed by atoms with E-state index in [4.69, 9.17) is 5.73 Å². The number of nitrogens with two attached hydrogens (primary N) is 1. The van der Waals surface area contributed by atoms with Crippen LogP contribution in [-0.2, 0) is 4.79 Å². The lowest BCUT2D eigenvalue weighted by Crippen LogP contribution is -2.21. The Labute approximate surface area is 92.9 Å². The minimum absolute atomic E-state index is 0.0149. The van der Waals surface area contributed by atoms with Gasteiger partial charge in [0.25, 0.3) is 0 Å². The minimum Gasteiger partial charge on any atom is -0.324 e. The van der Waals surface area contributed by atoms with Gasteiger partial charge in [-0.05, 0) is 34.1 Å². The van der Waals surface area contributed by atoms with Crippen molar-refractivity contribution >= 4 is 43.5 Å². The Morgan fingerprint density at radius 3 is 2.77 bits per heavy atom. The first-order valence-electron chi connectivity index (χ1n) is 3.58. The summed E-state index contributed by atoms with van der Waals surface area (Å²) in [6, 6.07) is 5.52. The molecule has 0 unspecified atom stereocenters. The average Bonchev–Trinajstić information content (AvgIpc) is 2.11.